The minimum atomic E-state index is 0.436. The summed E-state index contributed by atoms with van der Waals surface area (Å²) in [5, 5.41) is 3.81. The maximum Gasteiger partial charge on any atom is 0.123 e. The first-order valence-corrected chi connectivity index (χ1v) is 8.68. The Bertz CT molecular complexity index is 418. The van der Waals surface area contributed by atoms with Crippen molar-refractivity contribution in [2.75, 3.05) is 13.7 Å². The molecule has 0 radical (unpaired) electrons. The average molecular weight is 289 g/mol. The molecule has 1 aromatic carbocycles. The van der Waals surface area contributed by atoms with Crippen molar-refractivity contribution in [3.05, 3.63) is 29.8 Å². The second-order valence-corrected chi connectivity index (χ2v) is 6.29. The summed E-state index contributed by atoms with van der Waals surface area (Å²) in [6.45, 7) is 5.67. The second-order valence-electron chi connectivity index (χ2n) is 6.29. The lowest BCUT2D eigenvalue weighted by Gasteiger charge is -2.38. The monoisotopic (exact) mass is 289 g/mol. The number of ether oxygens (including phenoxy) is 1. The van der Waals surface area contributed by atoms with Gasteiger partial charge >= 0.3 is 0 Å². The van der Waals surface area contributed by atoms with Crippen LogP contribution >= 0.6 is 0 Å². The van der Waals surface area contributed by atoms with Crippen molar-refractivity contribution in [2.24, 2.45) is 11.8 Å². The third kappa shape index (κ3) is 4.00. The minimum absolute atomic E-state index is 0.436. The normalized spacial score (nSPS) is 23.8. The average Bonchev–Trinajstić information content (AvgIpc) is 2.56. The van der Waals surface area contributed by atoms with E-state index in [-0.39, 0.29) is 0 Å². The van der Waals surface area contributed by atoms with Gasteiger partial charge in [0.2, 0.25) is 0 Å². The zero-order valence-electron chi connectivity index (χ0n) is 13.9. The van der Waals surface area contributed by atoms with Gasteiger partial charge in [-0.3, -0.25) is 0 Å². The zero-order valence-corrected chi connectivity index (χ0v) is 13.9. The summed E-state index contributed by atoms with van der Waals surface area (Å²) < 4.78 is 5.63. The van der Waals surface area contributed by atoms with Crippen LogP contribution in [0.4, 0.5) is 0 Å². The second kappa shape index (κ2) is 8.43. The quantitative estimate of drug-likeness (QED) is 0.766. The topological polar surface area (TPSA) is 21.3 Å². The largest absolute Gasteiger partial charge is 0.496 e. The molecule has 0 aliphatic heterocycles. The van der Waals surface area contributed by atoms with E-state index in [1.807, 2.05) is 0 Å². The van der Waals surface area contributed by atoms with Crippen LogP contribution in [0.15, 0.2) is 24.3 Å². The Labute approximate surface area is 130 Å². The highest BCUT2D eigenvalue weighted by atomic mass is 16.5. The van der Waals surface area contributed by atoms with Crippen molar-refractivity contribution in [2.45, 2.75) is 58.4 Å². The summed E-state index contributed by atoms with van der Waals surface area (Å²) in [7, 11) is 1.79. The molecule has 0 aromatic heterocycles. The van der Waals surface area contributed by atoms with Crippen LogP contribution in [0.1, 0.15) is 64.0 Å². The number of methoxy groups -OCH3 is 1. The molecule has 2 nitrogen and oxygen atoms in total. The summed E-state index contributed by atoms with van der Waals surface area (Å²) in [6, 6.07) is 8.98. The van der Waals surface area contributed by atoms with Gasteiger partial charge in [-0.25, -0.2) is 0 Å². The van der Waals surface area contributed by atoms with Crippen LogP contribution in [0.25, 0.3) is 0 Å². The van der Waals surface area contributed by atoms with Gasteiger partial charge in [0.15, 0.2) is 0 Å². The number of para-hydroxylation sites is 1. The third-order valence-corrected chi connectivity index (χ3v) is 5.01. The number of benzene rings is 1. The van der Waals surface area contributed by atoms with Crippen molar-refractivity contribution in [1.82, 2.24) is 5.32 Å². The molecule has 0 heterocycles. The molecule has 1 aromatic rings. The van der Waals surface area contributed by atoms with Crippen molar-refractivity contribution >= 4 is 0 Å². The first-order chi connectivity index (χ1) is 10.3. The predicted molar refractivity (Wildman–Crippen MR) is 89.8 cm³/mol. The van der Waals surface area contributed by atoms with Crippen LogP contribution in [0, 0.1) is 11.8 Å². The minimum Gasteiger partial charge on any atom is -0.496 e. The van der Waals surface area contributed by atoms with Gasteiger partial charge in [-0.1, -0.05) is 57.7 Å². The van der Waals surface area contributed by atoms with Crippen LogP contribution in [-0.4, -0.2) is 13.7 Å². The predicted octanol–water partition coefficient (Wildman–Crippen LogP) is 4.95. The number of rotatable bonds is 7. The molecule has 0 amide bonds. The maximum atomic E-state index is 5.63. The Hall–Kier alpha value is -1.02. The van der Waals surface area contributed by atoms with E-state index in [0.29, 0.717) is 6.04 Å². The Morgan fingerprint density at radius 2 is 1.95 bits per heavy atom. The lowest BCUT2D eigenvalue weighted by atomic mass is 9.72. The molecule has 2 heteroatoms. The van der Waals surface area contributed by atoms with E-state index in [1.165, 1.54) is 44.1 Å². The van der Waals surface area contributed by atoms with E-state index in [0.717, 1.165) is 24.1 Å². The first-order valence-electron chi connectivity index (χ1n) is 8.68. The van der Waals surface area contributed by atoms with Crippen LogP contribution in [-0.2, 0) is 0 Å². The molecule has 118 valence electrons. The fraction of sp³-hybridized carbons (Fsp3) is 0.684. The van der Waals surface area contributed by atoms with E-state index in [1.54, 1.807) is 7.11 Å². The highest BCUT2D eigenvalue weighted by Crippen LogP contribution is 2.42. The van der Waals surface area contributed by atoms with E-state index in [2.05, 4.69) is 43.4 Å². The smallest absolute Gasteiger partial charge is 0.123 e. The van der Waals surface area contributed by atoms with Gasteiger partial charge in [0.1, 0.15) is 5.75 Å². The summed E-state index contributed by atoms with van der Waals surface area (Å²) >= 11 is 0. The van der Waals surface area contributed by atoms with E-state index < -0.39 is 0 Å². The highest BCUT2D eigenvalue weighted by Gasteiger charge is 2.32. The molecular formula is C19H31NO. The Kier molecular flexibility index (Phi) is 6.56. The first kappa shape index (κ1) is 16.4. The Balaban J connectivity index is 2.28. The maximum absolute atomic E-state index is 5.63. The molecule has 1 fully saturated rings. The molecule has 0 bridgehead atoms. The van der Waals surface area contributed by atoms with Gasteiger partial charge in [-0.2, -0.15) is 0 Å². The molecule has 1 saturated carbocycles. The Morgan fingerprint density at radius 1 is 1.19 bits per heavy atom. The van der Waals surface area contributed by atoms with Gasteiger partial charge < -0.3 is 10.1 Å². The molecule has 3 atom stereocenters. The summed E-state index contributed by atoms with van der Waals surface area (Å²) in [4.78, 5) is 0. The summed E-state index contributed by atoms with van der Waals surface area (Å²) in [5.74, 6) is 2.62. The SMILES string of the molecule is CCCNC(c1ccccc1OC)C1CCCCC1CC. The molecule has 0 saturated heterocycles. The van der Waals surface area contributed by atoms with E-state index in [9.17, 15) is 0 Å². The summed E-state index contributed by atoms with van der Waals surface area (Å²) in [5.41, 5.74) is 1.35. The highest BCUT2D eigenvalue weighted by molar-refractivity contribution is 5.36. The summed E-state index contributed by atoms with van der Waals surface area (Å²) in [6.07, 6.45) is 7.99. The van der Waals surface area contributed by atoms with Crippen molar-refractivity contribution in [3.8, 4) is 5.75 Å². The van der Waals surface area contributed by atoms with Crippen molar-refractivity contribution < 1.29 is 4.74 Å². The van der Waals surface area contributed by atoms with E-state index in [4.69, 9.17) is 4.74 Å². The van der Waals surface area contributed by atoms with Crippen LogP contribution < -0.4 is 10.1 Å². The van der Waals surface area contributed by atoms with Crippen molar-refractivity contribution in [1.29, 1.82) is 0 Å². The van der Waals surface area contributed by atoms with Gasteiger partial charge in [-0.15, -0.1) is 0 Å². The van der Waals surface area contributed by atoms with Crippen LogP contribution in [0.5, 0.6) is 5.75 Å². The fourth-order valence-electron chi connectivity index (χ4n) is 3.90. The zero-order chi connectivity index (χ0) is 15.1. The lowest BCUT2D eigenvalue weighted by molar-refractivity contribution is 0.173. The molecular weight excluding hydrogens is 258 g/mol. The molecule has 0 spiro atoms. The molecule has 21 heavy (non-hydrogen) atoms. The van der Waals surface area contributed by atoms with E-state index >= 15 is 0 Å². The van der Waals surface area contributed by atoms with Gasteiger partial charge in [0.05, 0.1) is 7.11 Å². The number of hydrogen-bond acceptors (Lipinski definition) is 2. The molecule has 1 N–H and O–H groups in total. The molecule has 2 rings (SSSR count). The molecule has 1 aliphatic carbocycles. The Morgan fingerprint density at radius 3 is 2.67 bits per heavy atom. The fourth-order valence-corrected chi connectivity index (χ4v) is 3.90. The molecule has 1 aliphatic rings. The van der Waals surface area contributed by atoms with Crippen molar-refractivity contribution in [3.63, 3.8) is 0 Å². The van der Waals surface area contributed by atoms with Crippen LogP contribution in [0.2, 0.25) is 0 Å². The molecule has 3 unspecified atom stereocenters. The van der Waals surface area contributed by atoms with Gasteiger partial charge in [0.25, 0.3) is 0 Å². The van der Waals surface area contributed by atoms with Gasteiger partial charge in [0, 0.05) is 11.6 Å². The lowest BCUT2D eigenvalue weighted by Crippen LogP contribution is -2.35. The standard InChI is InChI=1S/C19H31NO/c1-4-14-20-19(16-11-7-6-10-15(16)5-2)17-12-8-9-13-18(17)21-3/h8-9,12-13,15-16,19-20H,4-7,10-11,14H2,1-3H3. The number of hydrogen-bond donors (Lipinski definition) is 1. The van der Waals surface area contributed by atoms with Crippen LogP contribution in [0.3, 0.4) is 0 Å². The third-order valence-electron chi connectivity index (χ3n) is 5.01. The number of nitrogens with one attached hydrogen (secondary N) is 1. The van der Waals surface area contributed by atoms with Gasteiger partial charge in [-0.05, 0) is 37.3 Å².